The van der Waals surface area contributed by atoms with Crippen LogP contribution in [0.2, 0.25) is 0 Å². The molecule has 3 aromatic rings. The van der Waals surface area contributed by atoms with E-state index in [4.69, 9.17) is 8.94 Å². The zero-order valence-electron chi connectivity index (χ0n) is 25.1. The molecule has 2 aromatic heterocycles. The number of benzene rings is 1. The summed E-state index contributed by atoms with van der Waals surface area (Å²) < 4.78 is 10.8. The van der Waals surface area contributed by atoms with Crippen molar-refractivity contribution in [2.45, 2.75) is 84.3 Å². The lowest BCUT2D eigenvalue weighted by molar-refractivity contribution is -0.133. The van der Waals surface area contributed by atoms with Gasteiger partial charge in [0, 0.05) is 24.9 Å². The van der Waals surface area contributed by atoms with E-state index in [-0.39, 0.29) is 29.8 Å². The van der Waals surface area contributed by atoms with Crippen molar-refractivity contribution in [3.05, 3.63) is 70.8 Å². The van der Waals surface area contributed by atoms with E-state index in [0.29, 0.717) is 44.4 Å². The normalized spacial score (nSPS) is 20.3. The number of hydrogen-bond acceptors (Lipinski definition) is 8. The number of amides is 4. The maximum absolute atomic E-state index is 13.6. The fourth-order valence-electron chi connectivity index (χ4n) is 5.05. The highest BCUT2D eigenvalue weighted by atomic mass is 16.5. The molecule has 230 valence electrons. The highest BCUT2D eigenvalue weighted by Crippen LogP contribution is 2.20. The van der Waals surface area contributed by atoms with E-state index >= 15 is 0 Å². The maximum atomic E-state index is 13.6. The zero-order valence-corrected chi connectivity index (χ0v) is 25.1. The van der Waals surface area contributed by atoms with Crippen molar-refractivity contribution in [3.63, 3.8) is 0 Å². The third-order valence-electron chi connectivity index (χ3n) is 7.54. The van der Waals surface area contributed by atoms with Crippen LogP contribution in [-0.2, 0) is 27.2 Å². The molecule has 1 aromatic carbocycles. The average molecular weight is 593 g/mol. The predicted octanol–water partition coefficient (Wildman–Crippen LogP) is 2.85. The minimum absolute atomic E-state index is 0.117. The van der Waals surface area contributed by atoms with E-state index in [1.807, 2.05) is 51.1 Å². The minimum atomic E-state index is -0.891. The van der Waals surface area contributed by atoms with Crippen LogP contribution in [0.1, 0.15) is 84.5 Å². The summed E-state index contributed by atoms with van der Waals surface area (Å²) in [6.45, 7) is 7.64. The van der Waals surface area contributed by atoms with Crippen molar-refractivity contribution >= 4 is 23.6 Å². The van der Waals surface area contributed by atoms with Crippen LogP contribution in [0, 0.1) is 19.8 Å². The third-order valence-corrected chi connectivity index (χ3v) is 7.54. The second kappa shape index (κ2) is 14.6. The Bertz CT molecular complexity index is 1400. The van der Waals surface area contributed by atoms with Crippen LogP contribution in [0.4, 0.5) is 0 Å². The Morgan fingerprint density at radius 2 is 1.84 bits per heavy atom. The SMILES string of the molecule is Cc1noc(C)c1CCC(=O)N[C@H]1CCCCNC(=O)c2coc(n2)[C@@H](Cc2ccccc2)NC(=O)[C@H](C(C)C)NC1=O. The molecule has 3 heterocycles. The molecular weight excluding hydrogens is 552 g/mol. The molecule has 0 radical (unpaired) electrons. The summed E-state index contributed by atoms with van der Waals surface area (Å²) in [5, 5.41) is 15.4. The van der Waals surface area contributed by atoms with E-state index in [1.54, 1.807) is 6.92 Å². The Morgan fingerprint density at radius 1 is 1.07 bits per heavy atom. The maximum Gasteiger partial charge on any atom is 0.273 e. The standard InChI is InChI=1S/C31H40N6O6/c1-18(2)27-30(41)34-24(16-21-10-6-5-7-11-21)31-35-25(17-42-31)28(39)32-15-9-8-12-23(29(40)36-27)33-26(38)14-13-22-19(3)37-43-20(22)4/h5-7,10-11,17-18,23-24,27H,8-9,12-16H2,1-4H3,(H,32,39)(H,33,38)(H,34,41)(H,36,40)/t23-,24+,27-/m0/s1. The van der Waals surface area contributed by atoms with Gasteiger partial charge < -0.3 is 30.2 Å². The summed E-state index contributed by atoms with van der Waals surface area (Å²) in [6.07, 6.45) is 3.66. The van der Waals surface area contributed by atoms with Crippen LogP contribution in [0.25, 0.3) is 0 Å². The van der Waals surface area contributed by atoms with Gasteiger partial charge in [0.25, 0.3) is 5.91 Å². The quantitative estimate of drug-likeness (QED) is 0.325. The smallest absolute Gasteiger partial charge is 0.273 e. The van der Waals surface area contributed by atoms with Crippen molar-refractivity contribution < 1.29 is 28.1 Å². The first kappa shape index (κ1) is 31.5. The molecule has 43 heavy (non-hydrogen) atoms. The van der Waals surface area contributed by atoms with Gasteiger partial charge in [0.05, 0.1) is 5.69 Å². The first-order valence-electron chi connectivity index (χ1n) is 14.7. The van der Waals surface area contributed by atoms with Gasteiger partial charge in [0.2, 0.25) is 23.6 Å². The first-order chi connectivity index (χ1) is 20.6. The largest absolute Gasteiger partial charge is 0.446 e. The van der Waals surface area contributed by atoms with Crippen LogP contribution >= 0.6 is 0 Å². The lowest BCUT2D eigenvalue weighted by Crippen LogP contribution is -2.56. The lowest BCUT2D eigenvalue weighted by Gasteiger charge is -2.27. The third kappa shape index (κ3) is 8.52. The minimum Gasteiger partial charge on any atom is -0.446 e. The molecule has 0 unspecified atom stereocenters. The topological polar surface area (TPSA) is 168 Å². The van der Waals surface area contributed by atoms with E-state index in [1.165, 1.54) is 6.26 Å². The highest BCUT2D eigenvalue weighted by molar-refractivity contribution is 5.93. The van der Waals surface area contributed by atoms with Gasteiger partial charge in [-0.2, -0.15) is 0 Å². The van der Waals surface area contributed by atoms with E-state index in [2.05, 4.69) is 31.4 Å². The molecule has 4 rings (SSSR count). The Hall–Kier alpha value is -4.48. The monoisotopic (exact) mass is 592 g/mol. The number of carbonyl (C=O) groups excluding carboxylic acids is 4. The number of carbonyl (C=O) groups is 4. The molecule has 4 N–H and O–H groups in total. The van der Waals surface area contributed by atoms with E-state index in [0.717, 1.165) is 16.8 Å². The van der Waals surface area contributed by atoms with Gasteiger partial charge in [0.15, 0.2) is 5.69 Å². The lowest BCUT2D eigenvalue weighted by atomic mass is 10.00. The molecule has 1 aliphatic heterocycles. The van der Waals surface area contributed by atoms with Crippen LogP contribution in [0.3, 0.4) is 0 Å². The van der Waals surface area contributed by atoms with Crippen LogP contribution in [0.5, 0.6) is 0 Å². The van der Waals surface area contributed by atoms with Gasteiger partial charge in [-0.3, -0.25) is 19.2 Å². The van der Waals surface area contributed by atoms with Crippen molar-refractivity contribution in [1.82, 2.24) is 31.4 Å². The number of fused-ring (bicyclic) bond motifs is 2. The molecule has 0 saturated carbocycles. The predicted molar refractivity (Wildman–Crippen MR) is 157 cm³/mol. The van der Waals surface area contributed by atoms with Gasteiger partial charge in [-0.25, -0.2) is 4.98 Å². The molecule has 1 aliphatic rings. The Morgan fingerprint density at radius 3 is 2.53 bits per heavy atom. The number of oxazole rings is 1. The fraction of sp³-hybridized carbons (Fsp3) is 0.484. The summed E-state index contributed by atoms with van der Waals surface area (Å²) in [5.74, 6) is -0.984. The van der Waals surface area contributed by atoms with E-state index in [9.17, 15) is 19.2 Å². The van der Waals surface area contributed by atoms with Gasteiger partial charge >= 0.3 is 0 Å². The molecule has 12 nitrogen and oxygen atoms in total. The number of nitrogens with one attached hydrogen (secondary N) is 4. The Labute approximate surface area is 250 Å². The molecule has 12 heteroatoms. The van der Waals surface area contributed by atoms with Crippen LogP contribution in [0.15, 0.2) is 45.5 Å². The van der Waals surface area contributed by atoms with Crippen molar-refractivity contribution in [2.75, 3.05) is 6.54 Å². The second-order valence-corrected chi connectivity index (χ2v) is 11.2. The Kier molecular flexibility index (Phi) is 10.7. The summed E-state index contributed by atoms with van der Waals surface area (Å²) >= 11 is 0. The van der Waals surface area contributed by atoms with Gasteiger partial charge in [-0.1, -0.05) is 49.3 Å². The Balaban J connectivity index is 1.53. The summed E-state index contributed by atoms with van der Waals surface area (Å²) in [7, 11) is 0. The zero-order chi connectivity index (χ0) is 30.9. The van der Waals surface area contributed by atoms with Crippen molar-refractivity contribution in [1.29, 1.82) is 0 Å². The molecule has 4 amide bonds. The molecular formula is C31H40N6O6. The van der Waals surface area contributed by atoms with Crippen molar-refractivity contribution in [3.8, 4) is 0 Å². The second-order valence-electron chi connectivity index (χ2n) is 11.2. The molecule has 3 atom stereocenters. The van der Waals surface area contributed by atoms with Gasteiger partial charge in [-0.15, -0.1) is 0 Å². The van der Waals surface area contributed by atoms with E-state index < -0.39 is 35.8 Å². The number of rotatable bonds is 7. The molecule has 0 aliphatic carbocycles. The van der Waals surface area contributed by atoms with Crippen molar-refractivity contribution in [2.24, 2.45) is 5.92 Å². The number of aromatic nitrogens is 2. The van der Waals surface area contributed by atoms with Gasteiger partial charge in [0.1, 0.15) is 30.1 Å². The fourth-order valence-corrected chi connectivity index (χ4v) is 5.05. The average Bonchev–Trinajstić information content (AvgIpc) is 3.60. The highest BCUT2D eigenvalue weighted by Gasteiger charge is 2.32. The molecule has 0 fully saturated rings. The van der Waals surface area contributed by atoms with Crippen LogP contribution in [-0.4, -0.2) is 52.4 Å². The molecule has 0 spiro atoms. The summed E-state index contributed by atoms with van der Waals surface area (Å²) in [4.78, 5) is 57.2. The number of aryl methyl sites for hydroxylation is 2. The summed E-state index contributed by atoms with van der Waals surface area (Å²) in [6, 6.07) is 7.07. The molecule has 2 bridgehead atoms. The van der Waals surface area contributed by atoms with Gasteiger partial charge in [-0.05, 0) is 51.0 Å². The first-order valence-corrected chi connectivity index (χ1v) is 14.7. The van der Waals surface area contributed by atoms with Crippen LogP contribution < -0.4 is 21.3 Å². The number of hydrogen-bond donors (Lipinski definition) is 4. The molecule has 0 saturated heterocycles. The summed E-state index contributed by atoms with van der Waals surface area (Å²) in [5.41, 5.74) is 2.64. The number of nitrogens with zero attached hydrogens (tertiary/aromatic N) is 2.